The topological polar surface area (TPSA) is 9.23 Å². The van der Waals surface area contributed by atoms with Gasteiger partial charge in [0.25, 0.3) is 0 Å². The zero-order chi connectivity index (χ0) is 8.55. The maximum atomic E-state index is 5.94. The van der Waals surface area contributed by atoms with Crippen molar-refractivity contribution in [3.8, 4) is 5.75 Å². The minimum Gasteiger partial charge on any atom is -0.495 e. The van der Waals surface area contributed by atoms with Crippen LogP contribution in [0.15, 0.2) is 23.6 Å². The predicted octanol–water partition coefficient (Wildman–Crippen LogP) is 3.56. The van der Waals surface area contributed by atoms with Gasteiger partial charge in [-0.05, 0) is 23.6 Å². The van der Waals surface area contributed by atoms with Crippen molar-refractivity contribution in [1.29, 1.82) is 0 Å². The number of hydrogen-bond donors (Lipinski definition) is 0. The smallest absolute Gasteiger partial charge is 0.146 e. The molecular weight excluding hydrogens is 192 g/mol. The summed E-state index contributed by atoms with van der Waals surface area (Å²) in [6.07, 6.45) is 0. The summed E-state index contributed by atoms with van der Waals surface area (Å²) in [5.74, 6) is 0.774. The molecule has 0 N–H and O–H groups in total. The summed E-state index contributed by atoms with van der Waals surface area (Å²) >= 11 is 7.63. The summed E-state index contributed by atoms with van der Waals surface area (Å²) < 4.78 is 6.40. The highest BCUT2D eigenvalue weighted by Gasteiger charge is 2.05. The first kappa shape index (κ1) is 7.90. The molecule has 0 aliphatic rings. The van der Waals surface area contributed by atoms with Gasteiger partial charge >= 0.3 is 0 Å². The van der Waals surface area contributed by atoms with Gasteiger partial charge in [0.15, 0.2) is 0 Å². The van der Waals surface area contributed by atoms with Crippen LogP contribution in [0, 0.1) is 0 Å². The molecule has 0 spiro atoms. The Hall–Kier alpha value is -0.730. The van der Waals surface area contributed by atoms with E-state index in [0.29, 0.717) is 5.02 Å². The second kappa shape index (κ2) is 2.96. The predicted molar refractivity (Wildman–Crippen MR) is 53.4 cm³/mol. The minimum absolute atomic E-state index is 0.670. The molecule has 0 saturated carbocycles. The molecule has 1 aromatic carbocycles. The summed E-state index contributed by atoms with van der Waals surface area (Å²) in [7, 11) is 1.64. The Morgan fingerprint density at radius 1 is 1.33 bits per heavy atom. The fourth-order valence-corrected chi connectivity index (χ4v) is 2.23. The SMILES string of the molecule is COc1c(Cl)ccc2sccc12. The van der Waals surface area contributed by atoms with Crippen molar-refractivity contribution in [1.82, 2.24) is 0 Å². The Bertz CT molecular complexity index is 408. The Morgan fingerprint density at radius 2 is 2.17 bits per heavy atom. The normalized spacial score (nSPS) is 10.5. The van der Waals surface area contributed by atoms with Crippen molar-refractivity contribution >= 4 is 33.0 Å². The van der Waals surface area contributed by atoms with E-state index in [4.69, 9.17) is 16.3 Å². The van der Waals surface area contributed by atoms with E-state index >= 15 is 0 Å². The quantitative estimate of drug-likeness (QED) is 0.681. The van der Waals surface area contributed by atoms with E-state index in [9.17, 15) is 0 Å². The molecule has 1 nitrogen and oxygen atoms in total. The van der Waals surface area contributed by atoms with Crippen LogP contribution in [-0.2, 0) is 0 Å². The van der Waals surface area contributed by atoms with Crippen molar-refractivity contribution in [3.63, 3.8) is 0 Å². The summed E-state index contributed by atoms with van der Waals surface area (Å²) in [4.78, 5) is 0. The molecule has 0 radical (unpaired) electrons. The van der Waals surface area contributed by atoms with Gasteiger partial charge < -0.3 is 4.74 Å². The fourth-order valence-electron chi connectivity index (χ4n) is 1.20. The highest BCUT2D eigenvalue weighted by molar-refractivity contribution is 7.17. The lowest BCUT2D eigenvalue weighted by atomic mass is 10.2. The van der Waals surface area contributed by atoms with E-state index in [1.54, 1.807) is 18.4 Å². The van der Waals surface area contributed by atoms with Gasteiger partial charge in [0.05, 0.1) is 12.1 Å². The van der Waals surface area contributed by atoms with E-state index in [-0.39, 0.29) is 0 Å². The van der Waals surface area contributed by atoms with Gasteiger partial charge in [-0.3, -0.25) is 0 Å². The maximum absolute atomic E-state index is 5.94. The Balaban J connectivity index is 2.83. The van der Waals surface area contributed by atoms with Crippen molar-refractivity contribution in [2.75, 3.05) is 7.11 Å². The van der Waals surface area contributed by atoms with Crippen LogP contribution >= 0.6 is 22.9 Å². The first-order chi connectivity index (χ1) is 5.83. The molecule has 0 bridgehead atoms. The third-order valence-corrected chi connectivity index (χ3v) is 2.92. The van der Waals surface area contributed by atoms with Crippen LogP contribution in [0.3, 0.4) is 0 Å². The van der Waals surface area contributed by atoms with Crippen LogP contribution in [0.1, 0.15) is 0 Å². The standard InChI is InChI=1S/C9H7ClOS/c1-11-9-6-4-5-12-8(6)3-2-7(9)10/h2-5H,1H3. The summed E-state index contributed by atoms with van der Waals surface area (Å²) in [5, 5.41) is 3.79. The number of ether oxygens (including phenoxy) is 1. The zero-order valence-corrected chi connectivity index (χ0v) is 8.08. The second-order valence-corrected chi connectivity index (χ2v) is 3.77. The molecule has 62 valence electrons. The Kier molecular flexibility index (Phi) is 1.95. The first-order valence-electron chi connectivity index (χ1n) is 3.52. The third kappa shape index (κ3) is 1.08. The van der Waals surface area contributed by atoms with Crippen LogP contribution in [-0.4, -0.2) is 7.11 Å². The summed E-state index contributed by atoms with van der Waals surface area (Å²) in [6.45, 7) is 0. The molecule has 1 heterocycles. The molecule has 0 amide bonds. The first-order valence-corrected chi connectivity index (χ1v) is 4.78. The van der Waals surface area contributed by atoms with Crippen LogP contribution in [0.4, 0.5) is 0 Å². The van der Waals surface area contributed by atoms with Gasteiger partial charge in [-0.25, -0.2) is 0 Å². The maximum Gasteiger partial charge on any atom is 0.146 e. The average Bonchev–Trinajstić information content (AvgIpc) is 2.52. The number of fused-ring (bicyclic) bond motifs is 1. The molecule has 2 aromatic rings. The van der Waals surface area contributed by atoms with Crippen molar-refractivity contribution in [2.45, 2.75) is 0 Å². The fraction of sp³-hybridized carbons (Fsp3) is 0.111. The van der Waals surface area contributed by atoms with E-state index in [1.165, 1.54) is 4.70 Å². The third-order valence-electron chi connectivity index (χ3n) is 1.74. The average molecular weight is 199 g/mol. The number of hydrogen-bond acceptors (Lipinski definition) is 2. The molecule has 3 heteroatoms. The highest BCUT2D eigenvalue weighted by Crippen LogP contribution is 2.35. The lowest BCUT2D eigenvalue weighted by Crippen LogP contribution is -1.83. The molecule has 0 fully saturated rings. The van der Waals surface area contributed by atoms with Gasteiger partial charge in [-0.2, -0.15) is 0 Å². The molecule has 0 aliphatic carbocycles. The minimum atomic E-state index is 0.670. The molecule has 1 aromatic heterocycles. The van der Waals surface area contributed by atoms with Crippen LogP contribution in [0.25, 0.3) is 10.1 Å². The van der Waals surface area contributed by atoms with Crippen molar-refractivity contribution in [2.24, 2.45) is 0 Å². The molecular formula is C9H7ClOS. The highest BCUT2D eigenvalue weighted by atomic mass is 35.5. The van der Waals surface area contributed by atoms with Gasteiger partial charge in [-0.1, -0.05) is 11.6 Å². The van der Waals surface area contributed by atoms with Gasteiger partial charge in [0.1, 0.15) is 5.75 Å². The largest absolute Gasteiger partial charge is 0.495 e. The molecule has 2 rings (SSSR count). The molecule has 0 saturated heterocycles. The van der Waals surface area contributed by atoms with Crippen LogP contribution in [0.5, 0.6) is 5.75 Å². The monoisotopic (exact) mass is 198 g/mol. The molecule has 0 unspecified atom stereocenters. The van der Waals surface area contributed by atoms with E-state index in [2.05, 4.69) is 0 Å². The Labute approximate surface area is 79.5 Å². The van der Waals surface area contributed by atoms with Crippen LogP contribution in [0.2, 0.25) is 5.02 Å². The molecule has 12 heavy (non-hydrogen) atoms. The summed E-state index contributed by atoms with van der Waals surface area (Å²) in [6, 6.07) is 5.88. The van der Waals surface area contributed by atoms with Crippen molar-refractivity contribution in [3.05, 3.63) is 28.6 Å². The van der Waals surface area contributed by atoms with Crippen molar-refractivity contribution < 1.29 is 4.74 Å². The number of benzene rings is 1. The molecule has 0 aliphatic heterocycles. The molecule has 0 atom stereocenters. The second-order valence-electron chi connectivity index (χ2n) is 2.41. The zero-order valence-electron chi connectivity index (χ0n) is 6.50. The van der Waals surface area contributed by atoms with E-state index in [1.807, 2.05) is 23.6 Å². The summed E-state index contributed by atoms with van der Waals surface area (Å²) in [5.41, 5.74) is 0. The van der Waals surface area contributed by atoms with Gasteiger partial charge in [0, 0.05) is 10.1 Å². The van der Waals surface area contributed by atoms with Gasteiger partial charge in [0.2, 0.25) is 0 Å². The number of methoxy groups -OCH3 is 1. The number of thiophene rings is 1. The lowest BCUT2D eigenvalue weighted by Gasteiger charge is -2.03. The number of rotatable bonds is 1. The lowest BCUT2D eigenvalue weighted by molar-refractivity contribution is 0.420. The Morgan fingerprint density at radius 3 is 2.92 bits per heavy atom. The van der Waals surface area contributed by atoms with Crippen LogP contribution < -0.4 is 4.74 Å². The number of halogens is 1. The van der Waals surface area contributed by atoms with E-state index in [0.717, 1.165) is 11.1 Å². The van der Waals surface area contributed by atoms with E-state index < -0.39 is 0 Å². The van der Waals surface area contributed by atoms with Gasteiger partial charge in [-0.15, -0.1) is 11.3 Å².